The number of nitrogens with two attached hydrogens (primary N) is 1. The molecule has 5 aromatic rings. The Morgan fingerprint density at radius 3 is 2.15 bits per heavy atom. The number of nitrogens with zero attached hydrogens (tertiary/aromatic N) is 2. The molecule has 2 saturated heterocycles. The molecule has 0 spiro atoms. The van der Waals surface area contributed by atoms with Crippen molar-refractivity contribution in [1.82, 2.24) is 25.6 Å². The Hall–Kier alpha value is -4.41. The second kappa shape index (κ2) is 12.0. The molecular formula is C31H36N8O2. The predicted molar refractivity (Wildman–Crippen MR) is 165 cm³/mol. The highest BCUT2D eigenvalue weighted by Crippen LogP contribution is 2.29. The van der Waals surface area contributed by atoms with Gasteiger partial charge in [-0.3, -0.25) is 10.1 Å². The van der Waals surface area contributed by atoms with Crippen LogP contribution in [-0.4, -0.2) is 45.0 Å². The molecule has 0 aliphatic carbocycles. The van der Waals surface area contributed by atoms with Crippen molar-refractivity contribution in [3.05, 3.63) is 88.4 Å². The van der Waals surface area contributed by atoms with E-state index in [1.165, 1.54) is 53.8 Å². The fourth-order valence-corrected chi connectivity index (χ4v) is 5.96. The maximum Gasteiger partial charge on any atom is 0.311 e. The summed E-state index contributed by atoms with van der Waals surface area (Å²) in [4.78, 5) is 21.4. The number of aromatic amines is 2. The van der Waals surface area contributed by atoms with Crippen molar-refractivity contribution in [2.24, 2.45) is 0 Å². The first kappa shape index (κ1) is 26.8. The predicted octanol–water partition coefficient (Wildman–Crippen LogP) is 5.55. The van der Waals surface area contributed by atoms with Crippen LogP contribution in [0.15, 0.2) is 67.1 Å². The van der Waals surface area contributed by atoms with E-state index in [0.29, 0.717) is 12.1 Å². The third kappa shape index (κ3) is 6.18. The minimum atomic E-state index is -0.429. The van der Waals surface area contributed by atoms with E-state index in [4.69, 9.17) is 5.73 Å². The molecule has 10 heteroatoms. The van der Waals surface area contributed by atoms with Gasteiger partial charge in [0.1, 0.15) is 0 Å². The van der Waals surface area contributed by atoms with Crippen LogP contribution in [0.1, 0.15) is 36.8 Å². The summed E-state index contributed by atoms with van der Waals surface area (Å²) < 4.78 is 0. The first-order chi connectivity index (χ1) is 20.0. The average Bonchev–Trinajstić information content (AvgIpc) is 3.80. The summed E-state index contributed by atoms with van der Waals surface area (Å²) >= 11 is 0. The molecule has 2 fully saturated rings. The summed E-state index contributed by atoms with van der Waals surface area (Å²) in [7, 11) is 0. The lowest BCUT2D eigenvalue weighted by Crippen LogP contribution is -2.23. The Kier molecular flexibility index (Phi) is 7.84. The monoisotopic (exact) mass is 552 g/mol. The molecule has 0 saturated carbocycles. The smallest absolute Gasteiger partial charge is 0.311 e. The summed E-state index contributed by atoms with van der Waals surface area (Å²) in [5, 5.41) is 23.7. The number of benzene rings is 2. The van der Waals surface area contributed by atoms with E-state index in [1.807, 2.05) is 24.3 Å². The van der Waals surface area contributed by atoms with Crippen molar-refractivity contribution in [2.45, 2.75) is 50.6 Å². The number of hydrogen-bond acceptors (Lipinski definition) is 7. The van der Waals surface area contributed by atoms with Gasteiger partial charge in [-0.1, -0.05) is 0 Å². The van der Waals surface area contributed by atoms with E-state index in [0.717, 1.165) is 48.2 Å². The van der Waals surface area contributed by atoms with Gasteiger partial charge in [-0.25, -0.2) is 4.98 Å². The van der Waals surface area contributed by atoms with Crippen LogP contribution in [0.5, 0.6) is 0 Å². The van der Waals surface area contributed by atoms with Gasteiger partial charge in [0, 0.05) is 69.9 Å². The lowest BCUT2D eigenvalue weighted by Gasteiger charge is -2.10. The molecule has 0 bridgehead atoms. The van der Waals surface area contributed by atoms with Gasteiger partial charge < -0.3 is 31.7 Å². The number of nitrogen functional groups attached to an aromatic ring is 1. The zero-order valence-corrected chi connectivity index (χ0v) is 23.0. The number of pyridine rings is 1. The second-order valence-corrected chi connectivity index (χ2v) is 10.9. The summed E-state index contributed by atoms with van der Waals surface area (Å²) in [6, 6.07) is 16.1. The third-order valence-corrected chi connectivity index (χ3v) is 8.06. The fourth-order valence-electron chi connectivity index (χ4n) is 5.96. The van der Waals surface area contributed by atoms with Crippen LogP contribution in [0.25, 0.3) is 21.8 Å². The van der Waals surface area contributed by atoms with Crippen molar-refractivity contribution >= 4 is 44.7 Å². The van der Waals surface area contributed by atoms with E-state index < -0.39 is 4.92 Å². The lowest BCUT2D eigenvalue weighted by atomic mass is 10.0. The fraction of sp³-hybridized carbons (Fsp3) is 0.323. The first-order valence-corrected chi connectivity index (χ1v) is 14.3. The van der Waals surface area contributed by atoms with Crippen LogP contribution in [-0.2, 0) is 12.8 Å². The standard InChI is InChI=1S/C18H19N5O2.C13H17N3/c24-23(25)17-4-2-8-20-18(17)22-14-5-6-16-15(10-14)12(11-21-16)9-13-3-1-7-19-13;14-10-3-4-13-12(7-10)9(8-16-13)6-11-2-1-5-15-11/h2,4-6,8,10-11,13,19,21H,1,3,7,9H2,(H,20,22);3-4,7-8,11,15-16H,1-2,5-6,14H2/t13-;11-/m11/s1. The highest BCUT2D eigenvalue weighted by Gasteiger charge is 2.18. The summed E-state index contributed by atoms with van der Waals surface area (Å²) in [6.45, 7) is 2.25. The molecule has 212 valence electrons. The van der Waals surface area contributed by atoms with Gasteiger partial charge in [0.05, 0.1) is 4.92 Å². The van der Waals surface area contributed by atoms with Crippen LogP contribution >= 0.6 is 0 Å². The number of hydrogen-bond donors (Lipinski definition) is 6. The summed E-state index contributed by atoms with van der Waals surface area (Å²) in [5.41, 5.74) is 12.3. The SMILES string of the molecule is Nc1ccc2[nH]cc(C[C@H]3CCCN3)c2c1.O=[N+]([O-])c1cccnc1Nc1ccc2[nH]cc(C[C@H]3CCCN3)c2c1. The van der Waals surface area contributed by atoms with Crippen LogP contribution in [0, 0.1) is 10.1 Å². The number of fused-ring (bicyclic) bond motifs is 2. The molecule has 7 N–H and O–H groups in total. The zero-order chi connectivity index (χ0) is 28.2. The van der Waals surface area contributed by atoms with Gasteiger partial charge in [-0.15, -0.1) is 0 Å². The highest BCUT2D eigenvalue weighted by atomic mass is 16.6. The molecule has 2 aliphatic heterocycles. The second-order valence-electron chi connectivity index (χ2n) is 10.9. The average molecular weight is 553 g/mol. The van der Waals surface area contributed by atoms with Crippen molar-refractivity contribution in [3.63, 3.8) is 0 Å². The van der Waals surface area contributed by atoms with Gasteiger partial charge in [-0.2, -0.15) is 0 Å². The Morgan fingerprint density at radius 1 is 0.902 bits per heavy atom. The maximum absolute atomic E-state index is 11.1. The van der Waals surface area contributed by atoms with E-state index in [9.17, 15) is 10.1 Å². The molecular weight excluding hydrogens is 516 g/mol. The Bertz CT molecular complexity index is 1650. The Morgan fingerprint density at radius 2 is 1.54 bits per heavy atom. The summed E-state index contributed by atoms with van der Waals surface area (Å²) in [6.07, 6.45) is 12.8. The van der Waals surface area contributed by atoms with Crippen LogP contribution in [0.2, 0.25) is 0 Å². The van der Waals surface area contributed by atoms with Crippen LogP contribution in [0.4, 0.5) is 22.9 Å². The van der Waals surface area contributed by atoms with Crippen molar-refractivity contribution in [2.75, 3.05) is 24.1 Å². The molecule has 2 aliphatic rings. The molecule has 0 radical (unpaired) electrons. The normalized spacial score (nSPS) is 18.4. The molecule has 2 aromatic carbocycles. The molecule has 2 atom stereocenters. The molecule has 3 aromatic heterocycles. The number of nitrogens with one attached hydrogen (secondary N) is 5. The Balaban J connectivity index is 0.000000162. The van der Waals surface area contributed by atoms with E-state index in [-0.39, 0.29) is 11.5 Å². The summed E-state index contributed by atoms with van der Waals surface area (Å²) in [5.74, 6) is 0.251. The number of nitro groups is 1. The number of rotatable bonds is 7. The van der Waals surface area contributed by atoms with Crippen molar-refractivity contribution in [3.8, 4) is 0 Å². The number of H-pyrrole nitrogens is 2. The quantitative estimate of drug-likeness (QED) is 0.0880. The largest absolute Gasteiger partial charge is 0.399 e. The zero-order valence-electron chi connectivity index (χ0n) is 23.0. The molecule has 41 heavy (non-hydrogen) atoms. The maximum atomic E-state index is 11.1. The molecule has 7 rings (SSSR count). The topological polar surface area (TPSA) is 150 Å². The van der Waals surface area contributed by atoms with Crippen molar-refractivity contribution in [1.29, 1.82) is 0 Å². The lowest BCUT2D eigenvalue weighted by molar-refractivity contribution is -0.384. The minimum absolute atomic E-state index is 0.0351. The van der Waals surface area contributed by atoms with Gasteiger partial charge in [0.2, 0.25) is 5.82 Å². The molecule has 5 heterocycles. The van der Waals surface area contributed by atoms with Gasteiger partial charge in [0.15, 0.2) is 0 Å². The van der Waals surface area contributed by atoms with Crippen LogP contribution < -0.4 is 21.7 Å². The number of anilines is 3. The van der Waals surface area contributed by atoms with Crippen molar-refractivity contribution < 1.29 is 4.92 Å². The van der Waals surface area contributed by atoms with Gasteiger partial charge >= 0.3 is 5.69 Å². The van der Waals surface area contributed by atoms with E-state index >= 15 is 0 Å². The van der Waals surface area contributed by atoms with E-state index in [1.54, 1.807) is 12.3 Å². The third-order valence-electron chi connectivity index (χ3n) is 8.06. The van der Waals surface area contributed by atoms with Crippen LogP contribution in [0.3, 0.4) is 0 Å². The highest BCUT2D eigenvalue weighted by molar-refractivity contribution is 5.88. The molecule has 0 amide bonds. The molecule has 10 nitrogen and oxygen atoms in total. The van der Waals surface area contributed by atoms with Gasteiger partial charge in [-0.05, 0) is 105 Å². The Labute approximate surface area is 238 Å². The first-order valence-electron chi connectivity index (χ1n) is 14.3. The van der Waals surface area contributed by atoms with Gasteiger partial charge in [0.25, 0.3) is 0 Å². The molecule has 0 unspecified atom stereocenters. The number of aromatic nitrogens is 3. The van der Waals surface area contributed by atoms with E-state index in [2.05, 4.69) is 55.4 Å². The minimum Gasteiger partial charge on any atom is -0.399 e.